The number of benzene rings is 1. The van der Waals surface area contributed by atoms with Gasteiger partial charge in [0.05, 0.1) is 23.9 Å². The Morgan fingerprint density at radius 2 is 1.86 bits per heavy atom. The zero-order valence-corrected chi connectivity index (χ0v) is 13.1. The van der Waals surface area contributed by atoms with E-state index in [1.807, 2.05) is 38.1 Å². The topological polar surface area (TPSA) is 53.1 Å². The Morgan fingerprint density at radius 1 is 1.19 bits per heavy atom. The number of aromatic nitrogens is 1. The molecule has 0 atom stereocenters. The summed E-state index contributed by atoms with van der Waals surface area (Å²) in [5, 5.41) is 8.84. The molecule has 110 valence electrons. The van der Waals surface area contributed by atoms with Crippen molar-refractivity contribution in [1.29, 1.82) is 5.26 Å². The van der Waals surface area contributed by atoms with Crippen molar-refractivity contribution in [2.45, 2.75) is 46.8 Å². The molecule has 1 aromatic heterocycles. The highest BCUT2D eigenvalue weighted by atomic mass is 16.4. The van der Waals surface area contributed by atoms with Crippen molar-refractivity contribution in [3.8, 4) is 6.07 Å². The van der Waals surface area contributed by atoms with Gasteiger partial charge in [0.15, 0.2) is 0 Å². The van der Waals surface area contributed by atoms with Crippen LogP contribution in [0.25, 0.3) is 0 Å². The van der Waals surface area contributed by atoms with Gasteiger partial charge in [-0.2, -0.15) is 5.26 Å². The summed E-state index contributed by atoms with van der Waals surface area (Å²) in [5.74, 6) is 1.64. The summed E-state index contributed by atoms with van der Waals surface area (Å²) in [5.41, 5.74) is 2.82. The van der Waals surface area contributed by atoms with Crippen LogP contribution >= 0.6 is 0 Å². The lowest BCUT2D eigenvalue weighted by atomic mass is 10.1. The van der Waals surface area contributed by atoms with Gasteiger partial charge >= 0.3 is 0 Å². The molecule has 0 N–H and O–H groups in total. The van der Waals surface area contributed by atoms with E-state index in [9.17, 15) is 0 Å². The van der Waals surface area contributed by atoms with Crippen LogP contribution in [-0.4, -0.2) is 15.9 Å². The summed E-state index contributed by atoms with van der Waals surface area (Å²) in [4.78, 5) is 6.75. The van der Waals surface area contributed by atoms with Gasteiger partial charge in [-0.1, -0.05) is 12.1 Å². The molecule has 21 heavy (non-hydrogen) atoms. The Bertz CT molecular complexity index is 616. The minimum absolute atomic E-state index is 0.383. The number of nitrogens with zero attached hydrogens (tertiary/aromatic N) is 3. The van der Waals surface area contributed by atoms with Crippen LogP contribution in [0.5, 0.6) is 0 Å². The summed E-state index contributed by atoms with van der Waals surface area (Å²) in [6.45, 7) is 9.71. The second-order valence-electron chi connectivity index (χ2n) is 5.56. The molecule has 1 heterocycles. The molecule has 0 amide bonds. The van der Waals surface area contributed by atoms with Gasteiger partial charge in [-0.3, -0.25) is 4.90 Å². The molecule has 0 saturated heterocycles. The van der Waals surface area contributed by atoms with Crippen molar-refractivity contribution < 1.29 is 4.42 Å². The van der Waals surface area contributed by atoms with Crippen molar-refractivity contribution in [2.75, 3.05) is 0 Å². The first-order valence-electron chi connectivity index (χ1n) is 7.15. The molecule has 0 aliphatic carbocycles. The van der Waals surface area contributed by atoms with Gasteiger partial charge in [-0.15, -0.1) is 0 Å². The molecule has 4 nitrogen and oxygen atoms in total. The largest absolute Gasteiger partial charge is 0.444 e. The second-order valence-corrected chi connectivity index (χ2v) is 5.56. The molecule has 0 aliphatic heterocycles. The van der Waals surface area contributed by atoms with E-state index in [2.05, 4.69) is 29.8 Å². The van der Waals surface area contributed by atoms with Gasteiger partial charge < -0.3 is 4.42 Å². The molecule has 0 radical (unpaired) electrons. The third-order valence-electron chi connectivity index (χ3n) is 3.61. The van der Waals surface area contributed by atoms with E-state index in [1.165, 1.54) is 5.56 Å². The van der Waals surface area contributed by atoms with E-state index < -0.39 is 0 Å². The lowest BCUT2D eigenvalue weighted by Crippen LogP contribution is -2.30. The molecule has 4 heteroatoms. The Hall–Kier alpha value is -2.12. The van der Waals surface area contributed by atoms with E-state index in [0.717, 1.165) is 23.9 Å². The number of nitriles is 1. The summed E-state index contributed by atoms with van der Waals surface area (Å²) >= 11 is 0. The van der Waals surface area contributed by atoms with Gasteiger partial charge in [0, 0.05) is 12.6 Å². The maximum atomic E-state index is 8.84. The van der Waals surface area contributed by atoms with Crippen molar-refractivity contribution in [3.05, 3.63) is 52.7 Å². The molecule has 1 aromatic carbocycles. The van der Waals surface area contributed by atoms with Crippen LogP contribution in [0.15, 0.2) is 28.7 Å². The van der Waals surface area contributed by atoms with Gasteiger partial charge in [0.2, 0.25) is 5.89 Å². The SMILES string of the molecule is Cc1nc(CN(Cc2ccc(C#N)cc2)C(C)C)oc1C. The minimum atomic E-state index is 0.383. The highest BCUT2D eigenvalue weighted by molar-refractivity contribution is 5.31. The standard InChI is InChI=1S/C17H21N3O/c1-12(2)20(11-17-19-13(3)14(4)21-17)10-16-7-5-15(9-18)6-8-16/h5-8,12H,10-11H2,1-4H3. The lowest BCUT2D eigenvalue weighted by Gasteiger charge is -2.25. The first kappa shape index (κ1) is 15.3. The van der Waals surface area contributed by atoms with Crippen LogP contribution in [0.1, 0.15) is 42.3 Å². The smallest absolute Gasteiger partial charge is 0.208 e. The fraction of sp³-hybridized carbons (Fsp3) is 0.412. The van der Waals surface area contributed by atoms with Crippen LogP contribution in [0.3, 0.4) is 0 Å². The molecule has 2 rings (SSSR count). The minimum Gasteiger partial charge on any atom is -0.444 e. The normalized spacial score (nSPS) is 11.1. The number of hydrogen-bond acceptors (Lipinski definition) is 4. The number of rotatable bonds is 5. The monoisotopic (exact) mass is 283 g/mol. The number of hydrogen-bond donors (Lipinski definition) is 0. The Morgan fingerprint density at radius 3 is 2.33 bits per heavy atom. The average Bonchev–Trinajstić information content (AvgIpc) is 2.77. The molecule has 0 unspecified atom stereocenters. The van der Waals surface area contributed by atoms with Crippen molar-refractivity contribution in [1.82, 2.24) is 9.88 Å². The van der Waals surface area contributed by atoms with Crippen LogP contribution in [-0.2, 0) is 13.1 Å². The Balaban J connectivity index is 2.10. The van der Waals surface area contributed by atoms with E-state index in [0.29, 0.717) is 18.2 Å². The maximum Gasteiger partial charge on any atom is 0.208 e. The number of aryl methyl sites for hydroxylation is 2. The van der Waals surface area contributed by atoms with Gasteiger partial charge in [0.1, 0.15) is 5.76 Å². The highest BCUT2D eigenvalue weighted by Gasteiger charge is 2.15. The summed E-state index contributed by atoms with van der Waals surface area (Å²) in [6, 6.07) is 10.2. The third kappa shape index (κ3) is 3.93. The van der Waals surface area contributed by atoms with Gasteiger partial charge in [-0.05, 0) is 45.4 Å². The Kier molecular flexibility index (Phi) is 4.77. The molecule has 0 bridgehead atoms. The Labute approximate surface area is 126 Å². The predicted molar refractivity (Wildman–Crippen MR) is 81.5 cm³/mol. The quantitative estimate of drug-likeness (QED) is 0.841. The van der Waals surface area contributed by atoms with E-state index >= 15 is 0 Å². The van der Waals surface area contributed by atoms with Crippen molar-refractivity contribution in [2.24, 2.45) is 0 Å². The van der Waals surface area contributed by atoms with Crippen LogP contribution < -0.4 is 0 Å². The molecular weight excluding hydrogens is 262 g/mol. The first-order chi connectivity index (χ1) is 9.99. The summed E-state index contributed by atoms with van der Waals surface area (Å²) in [7, 11) is 0. The van der Waals surface area contributed by atoms with Crippen molar-refractivity contribution in [3.63, 3.8) is 0 Å². The highest BCUT2D eigenvalue weighted by Crippen LogP contribution is 2.15. The van der Waals surface area contributed by atoms with Gasteiger partial charge in [0.25, 0.3) is 0 Å². The average molecular weight is 283 g/mol. The summed E-state index contributed by atoms with van der Waals surface area (Å²) < 4.78 is 5.67. The van der Waals surface area contributed by atoms with Crippen LogP contribution in [0, 0.1) is 25.2 Å². The molecular formula is C17H21N3O. The zero-order valence-electron chi connectivity index (χ0n) is 13.1. The maximum absolute atomic E-state index is 8.84. The molecule has 0 saturated carbocycles. The van der Waals surface area contributed by atoms with E-state index in [1.54, 1.807) is 0 Å². The van der Waals surface area contributed by atoms with Crippen LogP contribution in [0.2, 0.25) is 0 Å². The third-order valence-corrected chi connectivity index (χ3v) is 3.61. The second kappa shape index (κ2) is 6.55. The van der Waals surface area contributed by atoms with E-state index in [4.69, 9.17) is 9.68 Å². The molecule has 0 spiro atoms. The predicted octanol–water partition coefficient (Wildman–Crippen LogP) is 3.57. The molecule has 2 aromatic rings. The fourth-order valence-corrected chi connectivity index (χ4v) is 2.12. The molecule has 0 fully saturated rings. The fourth-order valence-electron chi connectivity index (χ4n) is 2.12. The van der Waals surface area contributed by atoms with Crippen molar-refractivity contribution >= 4 is 0 Å². The number of oxazole rings is 1. The first-order valence-corrected chi connectivity index (χ1v) is 7.15. The van der Waals surface area contributed by atoms with Gasteiger partial charge in [-0.25, -0.2) is 4.98 Å². The van der Waals surface area contributed by atoms with Crippen LogP contribution in [0.4, 0.5) is 0 Å². The molecule has 0 aliphatic rings. The van der Waals surface area contributed by atoms with E-state index in [-0.39, 0.29) is 0 Å². The summed E-state index contributed by atoms with van der Waals surface area (Å²) in [6.07, 6.45) is 0. The lowest BCUT2D eigenvalue weighted by molar-refractivity contribution is 0.183. The zero-order chi connectivity index (χ0) is 15.4.